The molecule has 0 aromatic heterocycles. The molecule has 0 heterocycles. The number of hydrogen-bond donors (Lipinski definition) is 1. The van der Waals surface area contributed by atoms with Crippen molar-refractivity contribution in [3.8, 4) is 0 Å². The average Bonchev–Trinajstić information content (AvgIpc) is 2.94. The number of hydrogen-bond acceptors (Lipinski definition) is 1. The second kappa shape index (κ2) is 2.74. The lowest BCUT2D eigenvalue weighted by Crippen LogP contribution is -2.29. The molecule has 1 fully saturated rings. The summed E-state index contributed by atoms with van der Waals surface area (Å²) in [7, 11) is 0. The van der Waals surface area contributed by atoms with Crippen LogP contribution in [0.15, 0.2) is 48.5 Å². The Labute approximate surface area is 111 Å². The van der Waals surface area contributed by atoms with Crippen molar-refractivity contribution in [2.24, 2.45) is 11.1 Å². The van der Waals surface area contributed by atoms with E-state index >= 15 is 0 Å². The summed E-state index contributed by atoms with van der Waals surface area (Å²) in [6.07, 6.45) is 0. The molecule has 1 saturated carbocycles. The third-order valence-electron chi connectivity index (χ3n) is 5.44. The van der Waals surface area contributed by atoms with E-state index in [0.717, 1.165) is 0 Å². The highest BCUT2D eigenvalue weighted by Gasteiger charge is 2.80. The molecular weight excluding hydrogens is 234 g/mol. The lowest BCUT2D eigenvalue weighted by atomic mass is 9.84. The number of carbonyl (C=O) groups excluding carboxylic acids is 1. The van der Waals surface area contributed by atoms with Crippen molar-refractivity contribution in [2.45, 2.75) is 17.8 Å². The van der Waals surface area contributed by atoms with Crippen LogP contribution in [0.5, 0.6) is 0 Å². The van der Waals surface area contributed by atoms with Gasteiger partial charge in [0.25, 0.3) is 0 Å². The summed E-state index contributed by atoms with van der Waals surface area (Å²) < 4.78 is 0. The Bertz CT molecular complexity index is 695. The van der Waals surface area contributed by atoms with Crippen LogP contribution in [0, 0.1) is 5.41 Å². The van der Waals surface area contributed by atoms with Crippen LogP contribution in [0.3, 0.4) is 0 Å². The van der Waals surface area contributed by atoms with Gasteiger partial charge in [0.05, 0.1) is 5.41 Å². The number of benzene rings is 2. The molecule has 3 aliphatic carbocycles. The minimum Gasteiger partial charge on any atom is -0.369 e. The van der Waals surface area contributed by atoms with Crippen LogP contribution in [0.1, 0.15) is 40.0 Å². The fourth-order valence-corrected chi connectivity index (χ4v) is 4.89. The van der Waals surface area contributed by atoms with Crippen molar-refractivity contribution in [3.63, 3.8) is 0 Å². The Hall–Kier alpha value is -2.09. The van der Waals surface area contributed by atoms with Crippen LogP contribution in [0.25, 0.3) is 0 Å². The average molecular weight is 247 g/mol. The fourth-order valence-electron chi connectivity index (χ4n) is 4.89. The van der Waals surface area contributed by atoms with Crippen LogP contribution >= 0.6 is 0 Å². The second-order valence-corrected chi connectivity index (χ2v) is 5.94. The number of primary amides is 1. The van der Waals surface area contributed by atoms with E-state index in [9.17, 15) is 4.79 Å². The molecule has 92 valence electrons. The SMILES string of the molecule is NC(=O)C12C3c4ccccc4[C@@H]1[C@@H]2c1ccccc13. The van der Waals surface area contributed by atoms with Crippen LogP contribution < -0.4 is 5.73 Å². The molecule has 2 unspecified atom stereocenters. The zero-order chi connectivity index (χ0) is 12.8. The first-order chi connectivity index (χ1) is 9.28. The standard InChI is InChI=1S/C17H13NO/c18-16(19)17-13-9-5-1-3-7-11(9)14(17)15(17)12-8-4-2-6-10(12)13/h1-8,13-15H,(H2,18,19)/t13?,14-,15+,17?. The van der Waals surface area contributed by atoms with Gasteiger partial charge in [0, 0.05) is 17.8 Å². The Morgan fingerprint density at radius 2 is 1.26 bits per heavy atom. The molecule has 2 aromatic rings. The van der Waals surface area contributed by atoms with Gasteiger partial charge in [0.2, 0.25) is 5.91 Å². The summed E-state index contributed by atoms with van der Waals surface area (Å²) in [6.45, 7) is 0. The van der Waals surface area contributed by atoms with Crippen molar-refractivity contribution in [2.75, 3.05) is 0 Å². The van der Waals surface area contributed by atoms with Gasteiger partial charge in [-0.1, -0.05) is 48.5 Å². The molecular formula is C17H13NO. The molecule has 2 aromatic carbocycles. The molecule has 4 atom stereocenters. The van der Waals surface area contributed by atoms with Crippen molar-refractivity contribution < 1.29 is 4.79 Å². The molecule has 0 bridgehead atoms. The molecule has 2 heteroatoms. The fraction of sp³-hybridized carbons (Fsp3) is 0.235. The van der Waals surface area contributed by atoms with E-state index in [4.69, 9.17) is 5.73 Å². The highest BCUT2D eigenvalue weighted by molar-refractivity contribution is 5.95. The molecule has 2 nitrogen and oxygen atoms in total. The van der Waals surface area contributed by atoms with Crippen LogP contribution in [0.4, 0.5) is 0 Å². The molecule has 3 aliphatic rings. The highest BCUT2D eigenvalue weighted by atomic mass is 16.1. The first-order valence-electron chi connectivity index (χ1n) is 6.75. The van der Waals surface area contributed by atoms with Crippen molar-refractivity contribution in [1.29, 1.82) is 0 Å². The van der Waals surface area contributed by atoms with Gasteiger partial charge in [-0.25, -0.2) is 0 Å². The molecule has 5 rings (SSSR count). The van der Waals surface area contributed by atoms with Gasteiger partial charge in [-0.3, -0.25) is 4.79 Å². The Morgan fingerprint density at radius 1 is 0.842 bits per heavy atom. The molecule has 0 radical (unpaired) electrons. The lowest BCUT2D eigenvalue weighted by Gasteiger charge is -2.18. The van der Waals surface area contributed by atoms with Gasteiger partial charge in [-0.15, -0.1) is 0 Å². The quantitative estimate of drug-likeness (QED) is 0.826. The topological polar surface area (TPSA) is 43.1 Å². The predicted octanol–water partition coefficient (Wildman–Crippen LogP) is 2.50. The third-order valence-corrected chi connectivity index (χ3v) is 5.44. The molecule has 0 saturated heterocycles. The number of rotatable bonds is 1. The zero-order valence-corrected chi connectivity index (χ0v) is 10.3. The zero-order valence-electron chi connectivity index (χ0n) is 10.3. The van der Waals surface area contributed by atoms with Gasteiger partial charge >= 0.3 is 0 Å². The second-order valence-electron chi connectivity index (χ2n) is 5.94. The predicted molar refractivity (Wildman–Crippen MR) is 71.8 cm³/mol. The Morgan fingerprint density at radius 3 is 1.68 bits per heavy atom. The summed E-state index contributed by atoms with van der Waals surface area (Å²) in [5.41, 5.74) is 10.8. The van der Waals surface area contributed by atoms with Gasteiger partial charge < -0.3 is 5.73 Å². The molecule has 0 aliphatic heterocycles. The van der Waals surface area contributed by atoms with Crippen LogP contribution in [-0.4, -0.2) is 5.91 Å². The van der Waals surface area contributed by atoms with E-state index in [1.165, 1.54) is 22.3 Å². The summed E-state index contributed by atoms with van der Waals surface area (Å²) >= 11 is 0. The van der Waals surface area contributed by atoms with E-state index in [2.05, 4.69) is 48.5 Å². The lowest BCUT2D eigenvalue weighted by molar-refractivity contribution is -0.123. The first kappa shape index (κ1) is 9.79. The largest absolute Gasteiger partial charge is 0.369 e. The third kappa shape index (κ3) is 0.803. The molecule has 0 spiro atoms. The normalized spacial score (nSPS) is 35.5. The van der Waals surface area contributed by atoms with Crippen molar-refractivity contribution in [1.82, 2.24) is 0 Å². The van der Waals surface area contributed by atoms with Crippen LogP contribution in [0.2, 0.25) is 0 Å². The van der Waals surface area contributed by atoms with E-state index in [-0.39, 0.29) is 17.2 Å². The van der Waals surface area contributed by atoms with Crippen molar-refractivity contribution >= 4 is 5.91 Å². The summed E-state index contributed by atoms with van der Waals surface area (Å²) in [5.74, 6) is 0.703. The monoisotopic (exact) mass is 247 g/mol. The summed E-state index contributed by atoms with van der Waals surface area (Å²) in [6, 6.07) is 16.9. The van der Waals surface area contributed by atoms with Gasteiger partial charge in [0.1, 0.15) is 0 Å². The minimum atomic E-state index is -0.354. The minimum absolute atomic E-state index is 0.125. The van der Waals surface area contributed by atoms with Crippen molar-refractivity contribution in [3.05, 3.63) is 70.8 Å². The summed E-state index contributed by atoms with van der Waals surface area (Å²) in [5, 5.41) is 0. The number of nitrogens with two attached hydrogens (primary N) is 1. The number of amides is 1. The number of carbonyl (C=O) groups is 1. The Kier molecular flexibility index (Phi) is 1.41. The van der Waals surface area contributed by atoms with Gasteiger partial charge in [0.15, 0.2) is 0 Å². The Balaban J connectivity index is 1.88. The summed E-state index contributed by atoms with van der Waals surface area (Å²) in [4.78, 5) is 12.2. The first-order valence-corrected chi connectivity index (χ1v) is 6.75. The van der Waals surface area contributed by atoms with Crippen LogP contribution in [-0.2, 0) is 4.79 Å². The molecule has 1 amide bonds. The van der Waals surface area contributed by atoms with Gasteiger partial charge in [-0.2, -0.15) is 0 Å². The molecule has 19 heavy (non-hydrogen) atoms. The maximum Gasteiger partial charge on any atom is 0.225 e. The molecule has 2 N–H and O–H groups in total. The maximum atomic E-state index is 12.2. The van der Waals surface area contributed by atoms with E-state index in [1.807, 2.05) is 0 Å². The van der Waals surface area contributed by atoms with E-state index in [0.29, 0.717) is 11.8 Å². The highest BCUT2D eigenvalue weighted by Crippen LogP contribution is 2.85. The van der Waals surface area contributed by atoms with E-state index < -0.39 is 0 Å². The van der Waals surface area contributed by atoms with Gasteiger partial charge in [-0.05, 0) is 22.3 Å². The maximum absolute atomic E-state index is 12.2. The van der Waals surface area contributed by atoms with E-state index in [1.54, 1.807) is 0 Å². The smallest absolute Gasteiger partial charge is 0.225 e. The number of fused-ring (bicyclic) bond motifs is 7.